The van der Waals surface area contributed by atoms with E-state index in [1.165, 1.54) is 0 Å². The third-order valence-electron chi connectivity index (χ3n) is 4.27. The molecule has 0 bridgehead atoms. The molecule has 7 nitrogen and oxygen atoms in total. The Morgan fingerprint density at radius 2 is 1.93 bits per heavy atom. The first kappa shape index (κ1) is 20.4. The number of aliphatic imine (C=N–C) groups is 1. The lowest BCUT2D eigenvalue weighted by atomic mass is 10.2. The van der Waals surface area contributed by atoms with E-state index in [-0.39, 0.29) is 0 Å². The number of benzene rings is 1. The number of guanidine groups is 1. The fraction of sp³-hybridized carbons (Fsp3) is 0.318. The molecule has 0 saturated heterocycles. The molecule has 0 fully saturated rings. The highest BCUT2D eigenvalue weighted by Crippen LogP contribution is 2.18. The summed E-state index contributed by atoms with van der Waals surface area (Å²) in [5.41, 5.74) is 2.74. The molecule has 0 saturated carbocycles. The van der Waals surface area contributed by atoms with Crippen molar-refractivity contribution < 1.29 is 9.15 Å². The fourth-order valence-corrected chi connectivity index (χ4v) is 2.68. The van der Waals surface area contributed by atoms with Gasteiger partial charge in [-0.25, -0.2) is 9.97 Å². The SMILES string of the molecule is CCCCOc1ncccc1CNC(=NC)NCc1coc(-c2ccccc2)n1. The Morgan fingerprint density at radius 1 is 1.10 bits per heavy atom. The van der Waals surface area contributed by atoms with Gasteiger partial charge in [0.05, 0.1) is 18.8 Å². The van der Waals surface area contributed by atoms with Crippen molar-refractivity contribution in [3.05, 3.63) is 66.2 Å². The Bertz CT molecular complexity index is 908. The van der Waals surface area contributed by atoms with Crippen molar-refractivity contribution in [3.63, 3.8) is 0 Å². The van der Waals surface area contributed by atoms with Crippen molar-refractivity contribution in [2.45, 2.75) is 32.9 Å². The molecule has 0 unspecified atom stereocenters. The van der Waals surface area contributed by atoms with Gasteiger partial charge >= 0.3 is 0 Å². The summed E-state index contributed by atoms with van der Waals surface area (Å²) in [5.74, 6) is 1.93. The van der Waals surface area contributed by atoms with Crippen LogP contribution in [0.3, 0.4) is 0 Å². The Balaban J connectivity index is 1.52. The highest BCUT2D eigenvalue weighted by molar-refractivity contribution is 5.79. The molecule has 0 atom stereocenters. The van der Waals surface area contributed by atoms with Gasteiger partial charge in [-0.05, 0) is 24.6 Å². The number of hydrogen-bond donors (Lipinski definition) is 2. The lowest BCUT2D eigenvalue weighted by Gasteiger charge is -2.13. The Labute approximate surface area is 171 Å². The van der Waals surface area contributed by atoms with Crippen LogP contribution in [0.1, 0.15) is 31.0 Å². The quantitative estimate of drug-likeness (QED) is 0.327. The van der Waals surface area contributed by atoms with Gasteiger partial charge in [-0.15, -0.1) is 0 Å². The zero-order chi connectivity index (χ0) is 20.3. The van der Waals surface area contributed by atoms with E-state index in [1.807, 2.05) is 42.5 Å². The second kappa shape index (κ2) is 10.8. The molecule has 0 radical (unpaired) electrons. The molecular formula is C22H27N5O2. The summed E-state index contributed by atoms with van der Waals surface area (Å²) in [4.78, 5) is 13.1. The summed E-state index contributed by atoms with van der Waals surface area (Å²) in [6.07, 6.45) is 5.50. The number of pyridine rings is 1. The topological polar surface area (TPSA) is 84.6 Å². The monoisotopic (exact) mass is 393 g/mol. The van der Waals surface area contributed by atoms with Gasteiger partial charge < -0.3 is 19.8 Å². The number of hydrogen-bond acceptors (Lipinski definition) is 5. The van der Waals surface area contributed by atoms with Crippen molar-refractivity contribution in [1.82, 2.24) is 20.6 Å². The van der Waals surface area contributed by atoms with Gasteiger partial charge in [-0.1, -0.05) is 37.6 Å². The van der Waals surface area contributed by atoms with Crippen LogP contribution < -0.4 is 15.4 Å². The first-order valence-corrected chi connectivity index (χ1v) is 9.81. The Morgan fingerprint density at radius 3 is 2.72 bits per heavy atom. The average Bonchev–Trinajstić information content (AvgIpc) is 3.25. The highest BCUT2D eigenvalue weighted by atomic mass is 16.5. The molecule has 2 aromatic heterocycles. The summed E-state index contributed by atoms with van der Waals surface area (Å²) in [5, 5.41) is 6.53. The molecule has 0 aliphatic rings. The van der Waals surface area contributed by atoms with Crippen LogP contribution in [0.15, 0.2) is 64.3 Å². The first-order valence-electron chi connectivity index (χ1n) is 9.81. The smallest absolute Gasteiger partial charge is 0.226 e. The van der Waals surface area contributed by atoms with E-state index in [1.54, 1.807) is 19.5 Å². The number of ether oxygens (including phenoxy) is 1. The van der Waals surface area contributed by atoms with Crippen LogP contribution >= 0.6 is 0 Å². The van der Waals surface area contributed by atoms with Gasteiger partial charge in [0.25, 0.3) is 0 Å². The molecule has 152 valence electrons. The minimum absolute atomic E-state index is 0.503. The van der Waals surface area contributed by atoms with Gasteiger partial charge in [-0.3, -0.25) is 4.99 Å². The molecule has 0 spiro atoms. The number of rotatable bonds is 9. The number of aromatic nitrogens is 2. The standard InChI is InChI=1S/C22H27N5O2/c1-3-4-13-28-20-18(11-8-12-24-20)14-25-22(23-2)26-15-19-16-29-21(27-19)17-9-6-5-7-10-17/h5-12,16H,3-4,13-15H2,1-2H3,(H2,23,25,26). The largest absolute Gasteiger partial charge is 0.477 e. The van der Waals surface area contributed by atoms with Crippen molar-refractivity contribution in [3.8, 4) is 17.3 Å². The molecule has 7 heteroatoms. The van der Waals surface area contributed by atoms with Crippen LogP contribution in [-0.4, -0.2) is 29.6 Å². The molecule has 3 rings (SSSR count). The van der Waals surface area contributed by atoms with Crippen LogP contribution in [0.5, 0.6) is 5.88 Å². The number of unbranched alkanes of at least 4 members (excludes halogenated alkanes) is 1. The van der Waals surface area contributed by atoms with Crippen LogP contribution in [0.2, 0.25) is 0 Å². The molecule has 0 aliphatic heterocycles. The van der Waals surface area contributed by atoms with Crippen LogP contribution in [0.25, 0.3) is 11.5 Å². The molecule has 29 heavy (non-hydrogen) atoms. The summed E-state index contributed by atoms with van der Waals surface area (Å²) in [6.45, 7) is 3.87. The van der Waals surface area contributed by atoms with Crippen molar-refractivity contribution in [1.29, 1.82) is 0 Å². The molecule has 3 aromatic rings. The number of nitrogens with one attached hydrogen (secondary N) is 2. The van der Waals surface area contributed by atoms with E-state index in [0.29, 0.717) is 37.4 Å². The van der Waals surface area contributed by atoms with Gasteiger partial charge in [0.1, 0.15) is 6.26 Å². The van der Waals surface area contributed by atoms with Gasteiger partial charge in [0, 0.05) is 30.9 Å². The molecule has 1 aromatic carbocycles. The maximum atomic E-state index is 5.78. The zero-order valence-corrected chi connectivity index (χ0v) is 16.9. The van der Waals surface area contributed by atoms with Gasteiger partial charge in [0.15, 0.2) is 5.96 Å². The van der Waals surface area contributed by atoms with E-state index >= 15 is 0 Å². The van der Waals surface area contributed by atoms with Crippen molar-refractivity contribution in [2.24, 2.45) is 4.99 Å². The highest BCUT2D eigenvalue weighted by Gasteiger charge is 2.08. The van der Waals surface area contributed by atoms with E-state index < -0.39 is 0 Å². The fourth-order valence-electron chi connectivity index (χ4n) is 2.68. The van der Waals surface area contributed by atoms with E-state index in [2.05, 4.69) is 32.5 Å². The average molecular weight is 393 g/mol. The maximum absolute atomic E-state index is 5.78. The second-order valence-electron chi connectivity index (χ2n) is 6.46. The lowest BCUT2D eigenvalue weighted by molar-refractivity contribution is 0.294. The number of oxazole rings is 1. The summed E-state index contributed by atoms with van der Waals surface area (Å²) < 4.78 is 11.4. The summed E-state index contributed by atoms with van der Waals surface area (Å²) >= 11 is 0. The maximum Gasteiger partial charge on any atom is 0.226 e. The third kappa shape index (κ3) is 6.07. The zero-order valence-electron chi connectivity index (χ0n) is 16.9. The first-order chi connectivity index (χ1) is 14.3. The van der Waals surface area contributed by atoms with Crippen molar-refractivity contribution >= 4 is 5.96 Å². The van der Waals surface area contributed by atoms with Crippen LogP contribution in [-0.2, 0) is 13.1 Å². The molecular weight excluding hydrogens is 366 g/mol. The Hall–Kier alpha value is -3.35. The molecule has 0 aliphatic carbocycles. The second-order valence-corrected chi connectivity index (χ2v) is 6.46. The molecule has 0 amide bonds. The summed E-state index contributed by atoms with van der Waals surface area (Å²) in [7, 11) is 1.73. The normalized spacial score (nSPS) is 11.3. The third-order valence-corrected chi connectivity index (χ3v) is 4.27. The minimum atomic E-state index is 0.503. The molecule has 2 heterocycles. The summed E-state index contributed by atoms with van der Waals surface area (Å²) in [6, 6.07) is 13.7. The number of nitrogens with zero attached hydrogens (tertiary/aromatic N) is 3. The van der Waals surface area contributed by atoms with E-state index in [4.69, 9.17) is 9.15 Å². The van der Waals surface area contributed by atoms with Crippen LogP contribution in [0, 0.1) is 0 Å². The van der Waals surface area contributed by atoms with E-state index in [0.717, 1.165) is 29.7 Å². The predicted molar refractivity (Wildman–Crippen MR) is 114 cm³/mol. The predicted octanol–water partition coefficient (Wildman–Crippen LogP) is 3.78. The van der Waals surface area contributed by atoms with Crippen LogP contribution in [0.4, 0.5) is 0 Å². The molecule has 2 N–H and O–H groups in total. The van der Waals surface area contributed by atoms with Crippen molar-refractivity contribution in [2.75, 3.05) is 13.7 Å². The van der Waals surface area contributed by atoms with Gasteiger partial charge in [-0.2, -0.15) is 0 Å². The van der Waals surface area contributed by atoms with E-state index in [9.17, 15) is 0 Å². The Kier molecular flexibility index (Phi) is 7.63. The lowest BCUT2D eigenvalue weighted by Crippen LogP contribution is -2.36. The minimum Gasteiger partial charge on any atom is -0.477 e. The van der Waals surface area contributed by atoms with Gasteiger partial charge in [0.2, 0.25) is 11.8 Å².